The van der Waals surface area contributed by atoms with Crippen LogP contribution in [0.25, 0.3) is 11.3 Å². The molecule has 0 spiro atoms. The van der Waals surface area contributed by atoms with Gasteiger partial charge in [0.05, 0.1) is 19.1 Å². The number of hydrogen-bond acceptors (Lipinski definition) is 3. The van der Waals surface area contributed by atoms with Crippen LogP contribution < -0.4 is 0 Å². The third-order valence-corrected chi connectivity index (χ3v) is 3.37. The summed E-state index contributed by atoms with van der Waals surface area (Å²) in [6.07, 6.45) is 6.93. The first-order valence-electron chi connectivity index (χ1n) is 5.60. The quantitative estimate of drug-likeness (QED) is 0.831. The molecule has 0 aliphatic heterocycles. The molecule has 84 valence electrons. The van der Waals surface area contributed by atoms with E-state index in [-0.39, 0.29) is 6.61 Å². The van der Waals surface area contributed by atoms with Crippen LogP contribution in [0.5, 0.6) is 0 Å². The van der Waals surface area contributed by atoms with E-state index in [1.807, 2.05) is 6.07 Å². The van der Waals surface area contributed by atoms with Crippen molar-refractivity contribution in [1.82, 2.24) is 10.2 Å². The molecule has 1 aliphatic rings. The van der Waals surface area contributed by atoms with Crippen LogP contribution in [0, 0.1) is 0 Å². The van der Waals surface area contributed by atoms with Crippen LogP contribution in [0.15, 0.2) is 23.0 Å². The molecular formula is C12H14N2O2. The Balaban J connectivity index is 2.02. The lowest BCUT2D eigenvalue weighted by atomic mass is 9.81. The van der Waals surface area contributed by atoms with Crippen LogP contribution in [0.1, 0.15) is 36.4 Å². The first-order valence-corrected chi connectivity index (χ1v) is 5.60. The second kappa shape index (κ2) is 3.79. The molecule has 0 saturated heterocycles. The molecule has 2 N–H and O–H groups in total. The average molecular weight is 218 g/mol. The average Bonchev–Trinajstić information content (AvgIpc) is 2.81. The number of aliphatic hydroxyl groups is 1. The second-order valence-corrected chi connectivity index (χ2v) is 4.26. The molecule has 0 radical (unpaired) electrons. The van der Waals surface area contributed by atoms with E-state index in [9.17, 15) is 5.11 Å². The topological polar surface area (TPSA) is 62.1 Å². The van der Waals surface area contributed by atoms with E-state index < -0.39 is 0 Å². The van der Waals surface area contributed by atoms with Crippen molar-refractivity contribution in [2.75, 3.05) is 0 Å². The zero-order valence-electron chi connectivity index (χ0n) is 8.94. The Bertz CT molecular complexity index is 469. The van der Waals surface area contributed by atoms with E-state index in [0.717, 1.165) is 22.5 Å². The van der Waals surface area contributed by atoms with E-state index in [1.165, 1.54) is 19.3 Å². The highest BCUT2D eigenvalue weighted by molar-refractivity contribution is 5.62. The van der Waals surface area contributed by atoms with Crippen molar-refractivity contribution >= 4 is 0 Å². The molecule has 1 fully saturated rings. The molecule has 0 amide bonds. The maximum absolute atomic E-state index is 9.46. The number of aromatic nitrogens is 2. The number of nitrogens with zero attached hydrogens (tertiary/aromatic N) is 1. The highest BCUT2D eigenvalue weighted by Gasteiger charge is 2.26. The fourth-order valence-corrected chi connectivity index (χ4v) is 2.21. The highest BCUT2D eigenvalue weighted by atomic mass is 16.3. The zero-order chi connectivity index (χ0) is 11.0. The van der Waals surface area contributed by atoms with Crippen LogP contribution in [0.3, 0.4) is 0 Å². The first-order chi connectivity index (χ1) is 7.90. The number of H-pyrrole nitrogens is 1. The van der Waals surface area contributed by atoms with Gasteiger partial charge in [-0.05, 0) is 18.9 Å². The van der Waals surface area contributed by atoms with Crippen molar-refractivity contribution in [2.24, 2.45) is 0 Å². The van der Waals surface area contributed by atoms with Gasteiger partial charge in [0, 0.05) is 22.7 Å². The minimum atomic E-state index is 0.0306. The van der Waals surface area contributed by atoms with Gasteiger partial charge in [0.2, 0.25) is 0 Å². The maximum atomic E-state index is 9.46. The molecule has 2 aromatic heterocycles. The van der Waals surface area contributed by atoms with Crippen LogP contribution in [0.4, 0.5) is 0 Å². The molecular weight excluding hydrogens is 204 g/mol. The SMILES string of the molecule is OCc1c(-c2ccoc2)n[nH]c1C1CCC1. The van der Waals surface area contributed by atoms with E-state index in [4.69, 9.17) is 4.42 Å². The van der Waals surface area contributed by atoms with Crippen LogP contribution in [-0.4, -0.2) is 15.3 Å². The van der Waals surface area contributed by atoms with E-state index in [2.05, 4.69) is 10.2 Å². The summed E-state index contributed by atoms with van der Waals surface area (Å²) >= 11 is 0. The second-order valence-electron chi connectivity index (χ2n) is 4.26. The zero-order valence-corrected chi connectivity index (χ0v) is 8.94. The lowest BCUT2D eigenvalue weighted by Crippen LogP contribution is -2.11. The largest absolute Gasteiger partial charge is 0.472 e. The summed E-state index contributed by atoms with van der Waals surface area (Å²) in [6.45, 7) is 0.0306. The number of rotatable bonds is 3. The number of furan rings is 1. The Morgan fingerprint density at radius 2 is 2.38 bits per heavy atom. The normalized spacial score (nSPS) is 16.3. The Morgan fingerprint density at radius 3 is 2.94 bits per heavy atom. The summed E-state index contributed by atoms with van der Waals surface area (Å²) in [7, 11) is 0. The summed E-state index contributed by atoms with van der Waals surface area (Å²) in [5, 5.41) is 16.8. The van der Waals surface area contributed by atoms with Gasteiger partial charge in [-0.3, -0.25) is 5.10 Å². The van der Waals surface area contributed by atoms with Crippen molar-refractivity contribution in [3.8, 4) is 11.3 Å². The number of nitrogens with one attached hydrogen (secondary N) is 1. The molecule has 0 unspecified atom stereocenters. The highest BCUT2D eigenvalue weighted by Crippen LogP contribution is 2.39. The van der Waals surface area contributed by atoms with Gasteiger partial charge in [0.15, 0.2) is 0 Å². The van der Waals surface area contributed by atoms with E-state index >= 15 is 0 Å². The van der Waals surface area contributed by atoms with Gasteiger partial charge < -0.3 is 9.52 Å². The van der Waals surface area contributed by atoms with Gasteiger partial charge in [-0.1, -0.05) is 6.42 Å². The molecule has 4 heteroatoms. The minimum Gasteiger partial charge on any atom is -0.472 e. The lowest BCUT2D eigenvalue weighted by Gasteiger charge is -2.24. The monoisotopic (exact) mass is 218 g/mol. The smallest absolute Gasteiger partial charge is 0.101 e. The first kappa shape index (κ1) is 9.66. The molecule has 0 aromatic carbocycles. The van der Waals surface area contributed by atoms with Gasteiger partial charge in [-0.15, -0.1) is 0 Å². The third-order valence-electron chi connectivity index (χ3n) is 3.37. The predicted molar refractivity (Wildman–Crippen MR) is 58.8 cm³/mol. The summed E-state index contributed by atoms with van der Waals surface area (Å²) < 4.78 is 5.04. The van der Waals surface area contributed by atoms with Gasteiger partial charge in [0.1, 0.15) is 5.69 Å². The molecule has 2 heterocycles. The van der Waals surface area contributed by atoms with E-state index in [0.29, 0.717) is 5.92 Å². The van der Waals surface area contributed by atoms with Crippen molar-refractivity contribution in [1.29, 1.82) is 0 Å². The van der Waals surface area contributed by atoms with Crippen LogP contribution in [-0.2, 0) is 6.61 Å². The molecule has 1 saturated carbocycles. The van der Waals surface area contributed by atoms with Crippen molar-refractivity contribution in [2.45, 2.75) is 31.8 Å². The lowest BCUT2D eigenvalue weighted by molar-refractivity contribution is 0.277. The number of hydrogen-bond donors (Lipinski definition) is 2. The third kappa shape index (κ3) is 1.38. The molecule has 1 aliphatic carbocycles. The Kier molecular flexibility index (Phi) is 2.29. The standard InChI is InChI=1S/C12H14N2O2/c15-6-10-11(8-2-1-3-8)13-14-12(10)9-4-5-16-7-9/h4-5,7-8,15H,1-3,6H2,(H,13,14). The molecule has 3 rings (SSSR count). The van der Waals surface area contributed by atoms with Crippen molar-refractivity contribution < 1.29 is 9.52 Å². The maximum Gasteiger partial charge on any atom is 0.101 e. The molecule has 0 atom stereocenters. The molecule has 16 heavy (non-hydrogen) atoms. The van der Waals surface area contributed by atoms with Gasteiger partial charge in [0.25, 0.3) is 0 Å². The van der Waals surface area contributed by atoms with Gasteiger partial charge in [-0.2, -0.15) is 5.10 Å². The fraction of sp³-hybridized carbons (Fsp3) is 0.417. The number of aromatic amines is 1. The Hall–Kier alpha value is -1.55. The Labute approximate surface area is 93.3 Å². The summed E-state index contributed by atoms with van der Waals surface area (Å²) in [6, 6.07) is 1.86. The summed E-state index contributed by atoms with van der Waals surface area (Å²) in [4.78, 5) is 0. The van der Waals surface area contributed by atoms with E-state index in [1.54, 1.807) is 12.5 Å². The minimum absolute atomic E-state index is 0.0306. The Morgan fingerprint density at radius 1 is 1.50 bits per heavy atom. The number of aliphatic hydroxyl groups excluding tert-OH is 1. The summed E-state index contributed by atoms with van der Waals surface area (Å²) in [5.74, 6) is 0.551. The van der Waals surface area contributed by atoms with Crippen LogP contribution >= 0.6 is 0 Å². The fourth-order valence-electron chi connectivity index (χ4n) is 2.21. The van der Waals surface area contributed by atoms with Crippen molar-refractivity contribution in [3.63, 3.8) is 0 Å². The summed E-state index contributed by atoms with van der Waals surface area (Å²) in [5.41, 5.74) is 3.76. The molecule has 2 aromatic rings. The molecule has 4 nitrogen and oxygen atoms in total. The predicted octanol–water partition coefficient (Wildman–Crippen LogP) is 2.43. The molecule has 0 bridgehead atoms. The van der Waals surface area contributed by atoms with Crippen LogP contribution in [0.2, 0.25) is 0 Å². The van der Waals surface area contributed by atoms with Crippen molar-refractivity contribution in [3.05, 3.63) is 29.9 Å². The van der Waals surface area contributed by atoms with Gasteiger partial charge >= 0.3 is 0 Å². The van der Waals surface area contributed by atoms with Gasteiger partial charge in [-0.25, -0.2) is 0 Å².